The zero-order valence-corrected chi connectivity index (χ0v) is 13.2. The first-order valence-electron chi connectivity index (χ1n) is 7.60. The Hall–Kier alpha value is -2.10. The predicted octanol–water partition coefficient (Wildman–Crippen LogP) is 0.905. The van der Waals surface area contributed by atoms with Crippen LogP contribution < -0.4 is 10.6 Å². The van der Waals surface area contributed by atoms with Crippen molar-refractivity contribution < 1.29 is 14.4 Å². The zero-order chi connectivity index (χ0) is 16.5. The molecule has 1 saturated carbocycles. The average Bonchev–Trinajstić information content (AvgIpc) is 3.00. The molecule has 1 aliphatic carbocycles. The van der Waals surface area contributed by atoms with Crippen LogP contribution in [-0.2, 0) is 9.59 Å². The van der Waals surface area contributed by atoms with Gasteiger partial charge in [-0.25, -0.2) is 4.79 Å². The Morgan fingerprint density at radius 2 is 2.05 bits per heavy atom. The molecular formula is C15H22N4O3. The quantitative estimate of drug-likeness (QED) is 0.753. The summed E-state index contributed by atoms with van der Waals surface area (Å²) in [6.07, 6.45) is 3.03. The minimum absolute atomic E-state index is 0.0919. The molecule has 4 amide bonds. The van der Waals surface area contributed by atoms with Gasteiger partial charge < -0.3 is 10.6 Å². The first-order valence-corrected chi connectivity index (χ1v) is 7.60. The predicted molar refractivity (Wildman–Crippen MR) is 78.4 cm³/mol. The van der Waals surface area contributed by atoms with E-state index in [1.54, 1.807) is 6.92 Å². The smallest absolute Gasteiger partial charge is 0.325 e. The zero-order valence-electron chi connectivity index (χ0n) is 13.2. The Balaban J connectivity index is 2.05. The van der Waals surface area contributed by atoms with Gasteiger partial charge in [0.05, 0.1) is 6.07 Å². The lowest BCUT2D eigenvalue weighted by atomic mass is 9.90. The molecule has 22 heavy (non-hydrogen) atoms. The molecule has 0 radical (unpaired) electrons. The maximum absolute atomic E-state index is 12.4. The molecule has 1 heterocycles. The lowest BCUT2D eigenvalue weighted by molar-refractivity contribution is -0.135. The van der Waals surface area contributed by atoms with Crippen molar-refractivity contribution in [3.05, 3.63) is 0 Å². The third-order valence-electron chi connectivity index (χ3n) is 4.79. The first kappa shape index (κ1) is 16.3. The van der Waals surface area contributed by atoms with E-state index in [1.807, 2.05) is 13.8 Å². The fourth-order valence-electron chi connectivity index (χ4n) is 2.91. The van der Waals surface area contributed by atoms with E-state index in [2.05, 4.69) is 16.7 Å². The van der Waals surface area contributed by atoms with E-state index in [-0.39, 0.29) is 18.4 Å². The van der Waals surface area contributed by atoms with Gasteiger partial charge in [0.15, 0.2) is 0 Å². The van der Waals surface area contributed by atoms with Crippen LogP contribution in [0.5, 0.6) is 0 Å². The molecule has 1 saturated heterocycles. The summed E-state index contributed by atoms with van der Waals surface area (Å²) in [5.41, 5.74) is -1.84. The van der Waals surface area contributed by atoms with E-state index in [9.17, 15) is 19.6 Å². The molecule has 1 spiro atoms. The van der Waals surface area contributed by atoms with Crippen LogP contribution in [0, 0.1) is 17.2 Å². The summed E-state index contributed by atoms with van der Waals surface area (Å²) in [5.74, 6) is -0.921. The van der Waals surface area contributed by atoms with E-state index in [4.69, 9.17) is 0 Å². The normalized spacial score (nSPS) is 22.6. The molecule has 7 heteroatoms. The van der Waals surface area contributed by atoms with Crippen LogP contribution in [0.1, 0.15) is 46.5 Å². The molecule has 0 aromatic rings. The molecule has 0 bridgehead atoms. The van der Waals surface area contributed by atoms with E-state index >= 15 is 0 Å². The summed E-state index contributed by atoms with van der Waals surface area (Å²) in [5, 5.41) is 14.6. The van der Waals surface area contributed by atoms with Crippen LogP contribution >= 0.6 is 0 Å². The van der Waals surface area contributed by atoms with Gasteiger partial charge in [-0.05, 0) is 25.7 Å². The number of urea groups is 1. The highest BCUT2D eigenvalue weighted by molar-refractivity contribution is 6.09. The number of rotatable bonds is 4. The number of nitrogens with zero attached hydrogens (tertiary/aromatic N) is 2. The summed E-state index contributed by atoms with van der Waals surface area (Å²) in [4.78, 5) is 37.5. The molecule has 2 N–H and O–H groups in total. The standard InChI is InChI=1S/C15H22N4O3/c1-10(2)14(3,9-16)17-11(20)8-19-12(21)15(18-13(19)22)6-4-5-7-15/h10H,4-8H2,1-3H3,(H,17,20)(H,18,22)/t14-/m0/s1. The number of hydrogen-bond donors (Lipinski definition) is 2. The summed E-state index contributed by atoms with van der Waals surface area (Å²) < 4.78 is 0. The van der Waals surface area contributed by atoms with Crippen molar-refractivity contribution in [3.63, 3.8) is 0 Å². The molecule has 7 nitrogen and oxygen atoms in total. The fraction of sp³-hybridized carbons (Fsp3) is 0.733. The lowest BCUT2D eigenvalue weighted by Gasteiger charge is -2.28. The van der Waals surface area contributed by atoms with Crippen LogP contribution in [0.3, 0.4) is 0 Å². The summed E-state index contributed by atoms with van der Waals surface area (Å²) in [6.45, 7) is 4.92. The number of nitriles is 1. The van der Waals surface area contributed by atoms with Gasteiger partial charge in [-0.1, -0.05) is 26.7 Å². The lowest BCUT2D eigenvalue weighted by Crippen LogP contribution is -2.52. The van der Waals surface area contributed by atoms with Gasteiger partial charge in [0.2, 0.25) is 5.91 Å². The molecule has 2 fully saturated rings. The van der Waals surface area contributed by atoms with E-state index in [0.717, 1.165) is 17.7 Å². The maximum Gasteiger partial charge on any atom is 0.325 e. The molecule has 2 aliphatic rings. The third kappa shape index (κ3) is 2.65. The van der Waals surface area contributed by atoms with Gasteiger partial charge in [0.1, 0.15) is 17.6 Å². The maximum atomic E-state index is 12.4. The number of carbonyl (C=O) groups is 3. The topological polar surface area (TPSA) is 102 Å². The number of hydrogen-bond acceptors (Lipinski definition) is 4. The molecule has 0 unspecified atom stereocenters. The first-order chi connectivity index (χ1) is 10.2. The second kappa shape index (κ2) is 5.59. The van der Waals surface area contributed by atoms with Gasteiger partial charge >= 0.3 is 6.03 Å². The van der Waals surface area contributed by atoms with Crippen LogP contribution in [0.4, 0.5) is 4.79 Å². The SMILES string of the molecule is CC(C)[C@](C)(C#N)NC(=O)CN1C(=O)NC2(CCCC2)C1=O. The van der Waals surface area contributed by atoms with Crippen molar-refractivity contribution in [1.82, 2.24) is 15.5 Å². The Kier molecular flexibility index (Phi) is 4.14. The molecule has 0 aromatic heterocycles. The molecule has 1 atom stereocenters. The highest BCUT2D eigenvalue weighted by atomic mass is 16.2. The van der Waals surface area contributed by atoms with Crippen molar-refractivity contribution in [2.24, 2.45) is 5.92 Å². The fourth-order valence-corrected chi connectivity index (χ4v) is 2.91. The Morgan fingerprint density at radius 3 is 2.55 bits per heavy atom. The molecular weight excluding hydrogens is 284 g/mol. The van der Waals surface area contributed by atoms with Gasteiger partial charge in [-0.15, -0.1) is 0 Å². The summed E-state index contributed by atoms with van der Waals surface area (Å²) in [7, 11) is 0. The number of imide groups is 1. The Labute approximate surface area is 130 Å². The number of amides is 4. The Morgan fingerprint density at radius 1 is 1.45 bits per heavy atom. The van der Waals surface area contributed by atoms with Crippen LogP contribution in [0.25, 0.3) is 0 Å². The van der Waals surface area contributed by atoms with Gasteiger partial charge in [0, 0.05) is 0 Å². The van der Waals surface area contributed by atoms with Gasteiger partial charge in [-0.2, -0.15) is 5.26 Å². The number of carbonyl (C=O) groups excluding carboxylic acids is 3. The molecule has 1 aliphatic heterocycles. The largest absolute Gasteiger partial charge is 0.336 e. The molecule has 0 aromatic carbocycles. The summed E-state index contributed by atoms with van der Waals surface area (Å²) >= 11 is 0. The van der Waals surface area contributed by atoms with Crippen LogP contribution in [0.2, 0.25) is 0 Å². The molecule has 2 rings (SSSR count). The molecule has 120 valence electrons. The minimum atomic E-state index is -1.03. The highest BCUT2D eigenvalue weighted by Crippen LogP contribution is 2.34. The summed E-state index contributed by atoms with van der Waals surface area (Å²) in [6, 6.07) is 1.55. The van der Waals surface area contributed by atoms with E-state index in [1.165, 1.54) is 0 Å². The second-order valence-electron chi connectivity index (χ2n) is 6.63. The van der Waals surface area contributed by atoms with Gasteiger partial charge in [0.25, 0.3) is 5.91 Å². The van der Waals surface area contributed by atoms with Crippen molar-refractivity contribution >= 4 is 17.8 Å². The average molecular weight is 306 g/mol. The minimum Gasteiger partial charge on any atom is -0.336 e. The monoisotopic (exact) mass is 306 g/mol. The van der Waals surface area contributed by atoms with Crippen molar-refractivity contribution in [2.45, 2.75) is 57.5 Å². The van der Waals surface area contributed by atoms with Gasteiger partial charge in [-0.3, -0.25) is 14.5 Å². The van der Waals surface area contributed by atoms with E-state index < -0.39 is 23.0 Å². The van der Waals surface area contributed by atoms with E-state index in [0.29, 0.717) is 12.8 Å². The van der Waals surface area contributed by atoms with Crippen LogP contribution in [-0.4, -0.2) is 40.4 Å². The van der Waals surface area contributed by atoms with Crippen molar-refractivity contribution in [3.8, 4) is 6.07 Å². The second-order valence-corrected chi connectivity index (χ2v) is 6.63. The van der Waals surface area contributed by atoms with Crippen molar-refractivity contribution in [1.29, 1.82) is 5.26 Å². The Bertz CT molecular complexity index is 545. The highest BCUT2D eigenvalue weighted by Gasteiger charge is 2.52. The van der Waals surface area contributed by atoms with Crippen LogP contribution in [0.15, 0.2) is 0 Å². The third-order valence-corrected chi connectivity index (χ3v) is 4.79. The number of nitrogens with one attached hydrogen (secondary N) is 2. The van der Waals surface area contributed by atoms with Crippen molar-refractivity contribution in [2.75, 3.05) is 6.54 Å².